The lowest BCUT2D eigenvalue weighted by Crippen LogP contribution is -2.04. The lowest BCUT2D eigenvalue weighted by atomic mass is 10.0. The lowest BCUT2D eigenvalue weighted by molar-refractivity contribution is -0.212. The molecule has 0 bridgehead atoms. The first-order valence-corrected chi connectivity index (χ1v) is 9.36. The molecule has 0 atom stereocenters. The van der Waals surface area contributed by atoms with Crippen LogP contribution < -0.4 is 19.1 Å². The van der Waals surface area contributed by atoms with Crippen molar-refractivity contribution in [2.75, 3.05) is 21.3 Å². The third-order valence-corrected chi connectivity index (χ3v) is 4.48. The van der Waals surface area contributed by atoms with E-state index in [9.17, 15) is 4.79 Å². The van der Waals surface area contributed by atoms with Crippen LogP contribution in [0.5, 0.6) is 23.1 Å². The van der Waals surface area contributed by atoms with Crippen LogP contribution in [0, 0.1) is 0 Å². The first-order chi connectivity index (χ1) is 14.5. The van der Waals surface area contributed by atoms with Gasteiger partial charge >= 0.3 is 5.97 Å². The second-order valence-electron chi connectivity index (χ2n) is 6.31. The number of para-hydroxylation sites is 1. The first kappa shape index (κ1) is 21.0. The van der Waals surface area contributed by atoms with Gasteiger partial charge in [-0.05, 0) is 30.7 Å². The smallest absolute Gasteiger partial charge is 0.352 e. The Hall–Kier alpha value is -3.68. The van der Waals surface area contributed by atoms with Crippen molar-refractivity contribution in [3.05, 3.63) is 48.0 Å². The molecule has 0 aliphatic carbocycles. The normalized spacial score (nSPS) is 10.4. The number of methoxy groups -OCH3 is 3. The summed E-state index contributed by atoms with van der Waals surface area (Å²) in [7, 11) is 4.67. The SMILES string of the molecule is CCc1c(OOC(C)=O)nn(-c2ccccc2)c1-c1cc(OC)c(OC)c(OC)c1. The molecule has 0 saturated heterocycles. The molecule has 0 saturated carbocycles. The molecule has 2 aromatic carbocycles. The minimum Gasteiger partial charge on any atom is -0.493 e. The topological polar surface area (TPSA) is 81.0 Å². The van der Waals surface area contributed by atoms with E-state index in [1.54, 1.807) is 26.0 Å². The van der Waals surface area contributed by atoms with E-state index in [2.05, 4.69) is 5.10 Å². The van der Waals surface area contributed by atoms with Gasteiger partial charge < -0.3 is 14.2 Å². The number of nitrogens with zero attached hydrogens (tertiary/aromatic N) is 2. The van der Waals surface area contributed by atoms with Crippen molar-refractivity contribution in [3.63, 3.8) is 0 Å². The van der Waals surface area contributed by atoms with Gasteiger partial charge in [0, 0.05) is 18.1 Å². The number of aromatic nitrogens is 2. The Morgan fingerprint density at radius 2 is 1.63 bits per heavy atom. The Bertz CT molecular complexity index is 1000. The zero-order chi connectivity index (χ0) is 21.7. The summed E-state index contributed by atoms with van der Waals surface area (Å²) in [6.07, 6.45) is 0.579. The zero-order valence-electron chi connectivity index (χ0n) is 17.6. The summed E-state index contributed by atoms with van der Waals surface area (Å²) in [6.45, 7) is 3.23. The minimum atomic E-state index is -0.569. The summed E-state index contributed by atoms with van der Waals surface area (Å²) in [6, 6.07) is 13.3. The van der Waals surface area contributed by atoms with Gasteiger partial charge in [0.1, 0.15) is 0 Å². The molecule has 3 rings (SSSR count). The summed E-state index contributed by atoms with van der Waals surface area (Å²) in [5.74, 6) is 1.15. The van der Waals surface area contributed by atoms with Crippen LogP contribution in [-0.4, -0.2) is 37.1 Å². The van der Waals surface area contributed by atoms with E-state index in [0.29, 0.717) is 23.7 Å². The van der Waals surface area contributed by atoms with Gasteiger partial charge in [0.25, 0.3) is 5.88 Å². The third kappa shape index (κ3) is 4.03. The number of carbonyl (C=O) groups excluding carboxylic acids is 1. The zero-order valence-corrected chi connectivity index (χ0v) is 17.6. The van der Waals surface area contributed by atoms with E-state index >= 15 is 0 Å². The van der Waals surface area contributed by atoms with Crippen molar-refractivity contribution >= 4 is 5.97 Å². The summed E-state index contributed by atoms with van der Waals surface area (Å²) in [4.78, 5) is 21.3. The first-order valence-electron chi connectivity index (χ1n) is 9.36. The van der Waals surface area contributed by atoms with Gasteiger partial charge in [0.2, 0.25) is 5.75 Å². The van der Waals surface area contributed by atoms with Crippen molar-refractivity contribution in [1.29, 1.82) is 0 Å². The highest BCUT2D eigenvalue weighted by molar-refractivity contribution is 5.74. The molecule has 0 unspecified atom stereocenters. The predicted molar refractivity (Wildman–Crippen MR) is 110 cm³/mol. The van der Waals surface area contributed by atoms with Crippen molar-refractivity contribution in [3.8, 4) is 40.1 Å². The Morgan fingerprint density at radius 1 is 1.00 bits per heavy atom. The van der Waals surface area contributed by atoms with Crippen LogP contribution in [0.25, 0.3) is 16.9 Å². The maximum absolute atomic E-state index is 11.3. The van der Waals surface area contributed by atoms with Crippen molar-refractivity contribution in [2.24, 2.45) is 0 Å². The monoisotopic (exact) mass is 412 g/mol. The summed E-state index contributed by atoms with van der Waals surface area (Å²) < 4.78 is 18.2. The highest BCUT2D eigenvalue weighted by Crippen LogP contribution is 2.43. The maximum atomic E-state index is 11.3. The van der Waals surface area contributed by atoms with E-state index in [0.717, 1.165) is 22.5 Å². The maximum Gasteiger partial charge on any atom is 0.352 e. The molecular weight excluding hydrogens is 388 g/mol. The van der Waals surface area contributed by atoms with Gasteiger partial charge in [-0.3, -0.25) is 4.89 Å². The highest BCUT2D eigenvalue weighted by atomic mass is 17.2. The molecule has 0 aliphatic heterocycles. The molecule has 0 spiro atoms. The molecule has 3 aromatic rings. The standard InChI is InChI=1S/C22H24N2O6/c1-6-17-20(15-12-18(26-3)21(28-5)19(13-15)27-4)24(16-10-8-7-9-11-16)23-22(17)30-29-14(2)25/h7-13H,6H2,1-5H3. The van der Waals surface area contributed by atoms with Crippen molar-refractivity contribution < 1.29 is 28.8 Å². The fourth-order valence-electron chi connectivity index (χ4n) is 3.18. The summed E-state index contributed by atoms with van der Waals surface area (Å²) in [5.41, 5.74) is 3.10. The predicted octanol–water partition coefficient (Wildman–Crippen LogP) is 3.98. The molecule has 0 fully saturated rings. The summed E-state index contributed by atoms with van der Waals surface area (Å²) >= 11 is 0. The van der Waals surface area contributed by atoms with Gasteiger partial charge in [-0.25, -0.2) is 14.4 Å². The molecule has 1 aromatic heterocycles. The van der Waals surface area contributed by atoms with Gasteiger partial charge in [0.05, 0.1) is 32.7 Å². The second-order valence-corrected chi connectivity index (χ2v) is 6.31. The minimum absolute atomic E-state index is 0.209. The van der Waals surface area contributed by atoms with E-state index < -0.39 is 5.97 Å². The molecule has 8 nitrogen and oxygen atoms in total. The second kappa shape index (κ2) is 9.21. The van der Waals surface area contributed by atoms with E-state index in [-0.39, 0.29) is 5.88 Å². The van der Waals surface area contributed by atoms with Gasteiger partial charge in [0.15, 0.2) is 11.5 Å². The largest absolute Gasteiger partial charge is 0.493 e. The van der Waals surface area contributed by atoms with Crippen LogP contribution in [0.3, 0.4) is 0 Å². The number of hydrogen-bond acceptors (Lipinski definition) is 7. The highest BCUT2D eigenvalue weighted by Gasteiger charge is 2.24. The van der Waals surface area contributed by atoms with Gasteiger partial charge in [-0.15, -0.1) is 5.10 Å². The Kier molecular flexibility index (Phi) is 6.46. The van der Waals surface area contributed by atoms with E-state index in [4.69, 9.17) is 24.0 Å². The van der Waals surface area contributed by atoms with E-state index in [1.165, 1.54) is 6.92 Å². The quantitative estimate of drug-likeness (QED) is 0.409. The number of benzene rings is 2. The third-order valence-electron chi connectivity index (χ3n) is 4.48. The average molecular weight is 412 g/mol. The van der Waals surface area contributed by atoms with Crippen LogP contribution in [0.1, 0.15) is 19.4 Å². The fourth-order valence-corrected chi connectivity index (χ4v) is 3.18. The van der Waals surface area contributed by atoms with Crippen LogP contribution >= 0.6 is 0 Å². The van der Waals surface area contributed by atoms with Crippen molar-refractivity contribution in [2.45, 2.75) is 20.3 Å². The number of rotatable bonds is 8. The van der Waals surface area contributed by atoms with E-state index in [1.807, 2.05) is 49.4 Å². The Balaban J connectivity index is 2.28. The fraction of sp³-hybridized carbons (Fsp3) is 0.273. The molecule has 1 heterocycles. The number of carbonyl (C=O) groups is 1. The molecule has 158 valence electrons. The van der Waals surface area contributed by atoms with Crippen LogP contribution in [0.4, 0.5) is 0 Å². The van der Waals surface area contributed by atoms with Crippen LogP contribution in [0.2, 0.25) is 0 Å². The number of ether oxygens (including phenoxy) is 3. The summed E-state index contributed by atoms with van der Waals surface area (Å²) in [5, 5.41) is 4.56. The van der Waals surface area contributed by atoms with Gasteiger partial charge in [-0.1, -0.05) is 25.1 Å². The Labute approximate surface area is 174 Å². The lowest BCUT2D eigenvalue weighted by Gasteiger charge is -2.15. The van der Waals surface area contributed by atoms with Crippen LogP contribution in [0.15, 0.2) is 42.5 Å². The molecule has 30 heavy (non-hydrogen) atoms. The Morgan fingerprint density at radius 3 is 2.13 bits per heavy atom. The average Bonchev–Trinajstić information content (AvgIpc) is 3.15. The molecule has 0 N–H and O–H groups in total. The van der Waals surface area contributed by atoms with Crippen molar-refractivity contribution in [1.82, 2.24) is 9.78 Å². The molecule has 0 aliphatic rings. The van der Waals surface area contributed by atoms with Crippen LogP contribution in [-0.2, 0) is 16.1 Å². The molecule has 0 radical (unpaired) electrons. The molecular formula is C22H24N2O6. The number of hydrogen-bond donors (Lipinski definition) is 0. The molecule has 0 amide bonds. The van der Waals surface area contributed by atoms with Gasteiger partial charge in [-0.2, -0.15) is 0 Å². The molecule has 8 heteroatoms.